The molecule has 0 aliphatic carbocycles. The molecule has 0 saturated heterocycles. The number of pyridine rings is 1. The molecule has 1 aromatic heterocycles. The number of benzene rings is 1. The Balaban J connectivity index is 2.29. The molecule has 21 heavy (non-hydrogen) atoms. The number of unbranched alkanes of at least 4 members (excludes halogenated alkanes) is 2. The van der Waals surface area contributed by atoms with Crippen molar-refractivity contribution in [2.75, 3.05) is 13.6 Å². The summed E-state index contributed by atoms with van der Waals surface area (Å²) in [6, 6.07) is 8.35. The van der Waals surface area contributed by atoms with Gasteiger partial charge in [0.15, 0.2) is 0 Å². The molecule has 0 aliphatic heterocycles. The second-order valence-electron chi connectivity index (χ2n) is 5.02. The lowest BCUT2D eigenvalue weighted by molar-refractivity contribution is 0.454. The van der Waals surface area contributed by atoms with Gasteiger partial charge in [-0.3, -0.25) is 0 Å². The van der Waals surface area contributed by atoms with Crippen LogP contribution in [-0.4, -0.2) is 31.3 Å². The van der Waals surface area contributed by atoms with E-state index in [0.717, 1.165) is 24.6 Å². The van der Waals surface area contributed by atoms with E-state index in [1.807, 2.05) is 0 Å². The summed E-state index contributed by atoms with van der Waals surface area (Å²) in [5, 5.41) is 1.16. The summed E-state index contributed by atoms with van der Waals surface area (Å²) >= 11 is 5.83. The van der Waals surface area contributed by atoms with Gasteiger partial charge in [0.05, 0.1) is 10.4 Å². The Morgan fingerprint density at radius 3 is 2.67 bits per heavy atom. The van der Waals surface area contributed by atoms with Crippen molar-refractivity contribution in [3.8, 4) is 0 Å². The number of hydrogen-bond acceptors (Lipinski definition) is 3. The van der Waals surface area contributed by atoms with Crippen LogP contribution in [0.2, 0.25) is 5.15 Å². The molecule has 0 radical (unpaired) electrons. The zero-order valence-corrected chi connectivity index (χ0v) is 13.8. The molecule has 2 aromatic rings. The highest BCUT2D eigenvalue weighted by atomic mass is 35.5. The molecular formula is C15H19ClN2O2S. The first-order valence-electron chi connectivity index (χ1n) is 6.98. The van der Waals surface area contributed by atoms with E-state index in [4.69, 9.17) is 11.6 Å². The molecular weight excluding hydrogens is 308 g/mol. The third-order valence-corrected chi connectivity index (χ3v) is 5.47. The van der Waals surface area contributed by atoms with E-state index in [9.17, 15) is 8.42 Å². The van der Waals surface area contributed by atoms with Gasteiger partial charge in [0.2, 0.25) is 10.0 Å². The summed E-state index contributed by atoms with van der Waals surface area (Å²) < 4.78 is 26.4. The van der Waals surface area contributed by atoms with Gasteiger partial charge in [-0.25, -0.2) is 17.7 Å². The molecule has 6 heteroatoms. The Bertz CT molecular complexity index is 732. The maximum absolute atomic E-state index is 12.5. The molecule has 0 aliphatic rings. The van der Waals surface area contributed by atoms with E-state index in [2.05, 4.69) is 11.9 Å². The summed E-state index contributed by atoms with van der Waals surface area (Å²) in [5.74, 6) is 0. The maximum atomic E-state index is 12.5. The van der Waals surface area contributed by atoms with Crippen molar-refractivity contribution in [2.24, 2.45) is 0 Å². The Morgan fingerprint density at radius 1 is 1.19 bits per heavy atom. The zero-order valence-electron chi connectivity index (χ0n) is 12.2. The predicted octanol–water partition coefficient (Wildman–Crippen LogP) is 3.70. The van der Waals surface area contributed by atoms with Crippen LogP contribution in [0.3, 0.4) is 0 Å². The molecule has 1 heterocycles. The topological polar surface area (TPSA) is 50.3 Å². The molecule has 1 aromatic carbocycles. The first-order valence-corrected chi connectivity index (χ1v) is 8.79. The molecule has 0 N–H and O–H groups in total. The van der Waals surface area contributed by atoms with Gasteiger partial charge in [-0.2, -0.15) is 0 Å². The van der Waals surface area contributed by atoms with Crippen LogP contribution in [0.5, 0.6) is 0 Å². The van der Waals surface area contributed by atoms with Gasteiger partial charge in [0.25, 0.3) is 0 Å². The number of hydrogen-bond donors (Lipinski definition) is 0. The third-order valence-electron chi connectivity index (χ3n) is 3.41. The molecule has 0 saturated carbocycles. The average Bonchev–Trinajstić information content (AvgIpc) is 2.46. The van der Waals surface area contributed by atoms with Gasteiger partial charge in [0, 0.05) is 19.0 Å². The molecule has 0 atom stereocenters. The van der Waals surface area contributed by atoms with Crippen LogP contribution in [0, 0.1) is 0 Å². The monoisotopic (exact) mass is 326 g/mol. The quantitative estimate of drug-likeness (QED) is 0.600. The van der Waals surface area contributed by atoms with Crippen LogP contribution in [0.4, 0.5) is 0 Å². The molecule has 0 amide bonds. The van der Waals surface area contributed by atoms with Crippen molar-refractivity contribution in [3.63, 3.8) is 0 Å². The number of aromatic nitrogens is 1. The zero-order chi connectivity index (χ0) is 15.5. The van der Waals surface area contributed by atoms with Crippen LogP contribution >= 0.6 is 11.6 Å². The average molecular weight is 327 g/mol. The van der Waals surface area contributed by atoms with E-state index in [-0.39, 0.29) is 4.90 Å². The molecule has 0 unspecified atom stereocenters. The van der Waals surface area contributed by atoms with Crippen LogP contribution in [0.1, 0.15) is 26.2 Å². The van der Waals surface area contributed by atoms with Crippen molar-refractivity contribution in [1.29, 1.82) is 0 Å². The molecule has 4 nitrogen and oxygen atoms in total. The number of fused-ring (bicyclic) bond motifs is 1. The summed E-state index contributed by atoms with van der Waals surface area (Å²) in [7, 11) is -1.83. The van der Waals surface area contributed by atoms with Crippen molar-refractivity contribution in [2.45, 2.75) is 31.1 Å². The third kappa shape index (κ3) is 3.73. The lowest BCUT2D eigenvalue weighted by atomic mass is 10.2. The van der Waals surface area contributed by atoms with E-state index in [0.29, 0.717) is 17.2 Å². The molecule has 0 bridgehead atoms. The lowest BCUT2D eigenvalue weighted by Gasteiger charge is -2.17. The minimum Gasteiger partial charge on any atom is -0.236 e. The van der Waals surface area contributed by atoms with Gasteiger partial charge >= 0.3 is 0 Å². The highest BCUT2D eigenvalue weighted by Gasteiger charge is 2.20. The molecule has 114 valence electrons. The Labute approximate surface area is 130 Å². The summed E-state index contributed by atoms with van der Waals surface area (Å²) in [6.07, 6.45) is 2.97. The van der Waals surface area contributed by atoms with Gasteiger partial charge in [-0.1, -0.05) is 31.4 Å². The minimum absolute atomic E-state index is 0.290. The fourth-order valence-electron chi connectivity index (χ4n) is 2.12. The second kappa shape index (κ2) is 6.73. The predicted molar refractivity (Wildman–Crippen MR) is 86.1 cm³/mol. The summed E-state index contributed by atoms with van der Waals surface area (Å²) in [6.45, 7) is 2.63. The van der Waals surface area contributed by atoms with Crippen molar-refractivity contribution >= 4 is 32.5 Å². The second-order valence-corrected chi connectivity index (χ2v) is 7.45. The largest absolute Gasteiger partial charge is 0.242 e. The Hall–Kier alpha value is -1.17. The maximum Gasteiger partial charge on any atom is 0.242 e. The van der Waals surface area contributed by atoms with E-state index in [1.54, 1.807) is 37.4 Å². The number of nitrogens with zero attached hydrogens (tertiary/aromatic N) is 2. The molecule has 2 rings (SSSR count). The number of sulfonamides is 1. The Morgan fingerprint density at radius 2 is 1.95 bits per heavy atom. The normalized spacial score (nSPS) is 12.2. The number of halogens is 1. The minimum atomic E-state index is -3.45. The SMILES string of the molecule is CCCCCN(C)S(=O)(=O)c1ccc2nc(Cl)ccc2c1. The van der Waals surface area contributed by atoms with Gasteiger partial charge in [-0.05, 0) is 36.8 Å². The fraction of sp³-hybridized carbons (Fsp3) is 0.400. The Kier molecular flexibility index (Phi) is 5.19. The number of rotatable bonds is 6. The van der Waals surface area contributed by atoms with Crippen molar-refractivity contribution in [3.05, 3.63) is 35.5 Å². The van der Waals surface area contributed by atoms with Crippen LogP contribution in [0.15, 0.2) is 35.2 Å². The van der Waals surface area contributed by atoms with Crippen molar-refractivity contribution in [1.82, 2.24) is 9.29 Å². The van der Waals surface area contributed by atoms with Crippen LogP contribution in [0.25, 0.3) is 10.9 Å². The van der Waals surface area contributed by atoms with Gasteiger partial charge in [0.1, 0.15) is 5.15 Å². The van der Waals surface area contributed by atoms with E-state index >= 15 is 0 Å². The van der Waals surface area contributed by atoms with Crippen LogP contribution < -0.4 is 0 Å². The van der Waals surface area contributed by atoms with Crippen molar-refractivity contribution < 1.29 is 8.42 Å². The van der Waals surface area contributed by atoms with Gasteiger partial charge in [-0.15, -0.1) is 0 Å². The smallest absolute Gasteiger partial charge is 0.236 e. The van der Waals surface area contributed by atoms with Gasteiger partial charge < -0.3 is 0 Å². The molecule has 0 spiro atoms. The molecule has 0 fully saturated rings. The highest BCUT2D eigenvalue weighted by Crippen LogP contribution is 2.22. The standard InChI is InChI=1S/C15H19ClN2O2S/c1-3-4-5-10-18(2)21(19,20)13-7-8-14-12(11-13)6-9-15(16)17-14/h6-9,11H,3-5,10H2,1-2H3. The fourth-order valence-corrected chi connectivity index (χ4v) is 3.52. The first kappa shape index (κ1) is 16.2. The van der Waals surface area contributed by atoms with E-state index in [1.165, 1.54) is 4.31 Å². The summed E-state index contributed by atoms with van der Waals surface area (Å²) in [5.41, 5.74) is 0.690. The lowest BCUT2D eigenvalue weighted by Crippen LogP contribution is -2.27. The van der Waals surface area contributed by atoms with Crippen LogP contribution in [-0.2, 0) is 10.0 Å². The van der Waals surface area contributed by atoms with E-state index < -0.39 is 10.0 Å². The highest BCUT2D eigenvalue weighted by molar-refractivity contribution is 7.89. The summed E-state index contributed by atoms with van der Waals surface area (Å²) in [4.78, 5) is 4.45. The first-order chi connectivity index (χ1) is 9.95.